The second kappa shape index (κ2) is 8.71. The van der Waals surface area contributed by atoms with Gasteiger partial charge in [-0.15, -0.1) is 0 Å². The molecule has 5 heteroatoms. The molecule has 1 aromatic rings. The summed E-state index contributed by atoms with van der Waals surface area (Å²) >= 11 is 0. The van der Waals surface area contributed by atoms with Crippen LogP contribution in [0.4, 0.5) is 4.79 Å². The lowest BCUT2D eigenvalue weighted by molar-refractivity contribution is -0.146. The molecule has 0 N–H and O–H groups in total. The van der Waals surface area contributed by atoms with Gasteiger partial charge in [0.15, 0.2) is 0 Å². The fraction of sp³-hybridized carbons (Fsp3) is 0.579. The summed E-state index contributed by atoms with van der Waals surface area (Å²) in [6, 6.07) is 9.63. The normalized spacial score (nSPS) is 12.6. The van der Waals surface area contributed by atoms with Crippen LogP contribution in [0.5, 0.6) is 0 Å². The second-order valence-electron chi connectivity index (χ2n) is 7.14. The van der Waals surface area contributed by atoms with Crippen molar-refractivity contribution in [1.82, 2.24) is 4.90 Å². The number of carbonyl (C=O) groups excluding carboxylic acids is 2. The first-order valence-electron chi connectivity index (χ1n) is 8.25. The zero-order chi connectivity index (χ0) is 18.3. The van der Waals surface area contributed by atoms with Crippen LogP contribution in [-0.2, 0) is 20.7 Å². The van der Waals surface area contributed by atoms with E-state index >= 15 is 0 Å². The third kappa shape index (κ3) is 6.60. The molecule has 0 saturated carbocycles. The quantitative estimate of drug-likeness (QED) is 0.744. The number of rotatable bonds is 6. The van der Waals surface area contributed by atoms with Gasteiger partial charge in [-0.25, -0.2) is 4.79 Å². The molecule has 1 atom stereocenters. The van der Waals surface area contributed by atoms with E-state index in [9.17, 15) is 9.59 Å². The summed E-state index contributed by atoms with van der Waals surface area (Å²) < 4.78 is 10.4. The molecule has 0 radical (unpaired) electrons. The van der Waals surface area contributed by atoms with Crippen molar-refractivity contribution in [2.45, 2.75) is 52.7 Å². The SMILES string of the molecule is COC(=O)C(Cc1ccccc1)CN(C(=O)OC(C)(C)C)C(C)C. The van der Waals surface area contributed by atoms with E-state index in [-0.39, 0.29) is 18.6 Å². The lowest BCUT2D eigenvalue weighted by atomic mass is 9.98. The Morgan fingerprint density at radius 3 is 2.17 bits per heavy atom. The number of nitrogens with zero attached hydrogens (tertiary/aromatic N) is 1. The van der Waals surface area contributed by atoms with Gasteiger partial charge in [-0.2, -0.15) is 0 Å². The molecule has 0 bridgehead atoms. The molecule has 0 fully saturated rings. The van der Waals surface area contributed by atoms with Crippen LogP contribution in [0, 0.1) is 5.92 Å². The smallest absolute Gasteiger partial charge is 0.410 e. The van der Waals surface area contributed by atoms with Crippen molar-refractivity contribution in [3.05, 3.63) is 35.9 Å². The number of methoxy groups -OCH3 is 1. The van der Waals surface area contributed by atoms with Gasteiger partial charge in [0.1, 0.15) is 5.60 Å². The van der Waals surface area contributed by atoms with Gasteiger partial charge >= 0.3 is 12.1 Å². The highest BCUT2D eigenvalue weighted by atomic mass is 16.6. The van der Waals surface area contributed by atoms with Crippen LogP contribution in [-0.4, -0.2) is 42.3 Å². The number of carbonyl (C=O) groups is 2. The summed E-state index contributed by atoms with van der Waals surface area (Å²) in [4.78, 5) is 26.2. The van der Waals surface area contributed by atoms with E-state index in [1.54, 1.807) is 4.90 Å². The Labute approximate surface area is 144 Å². The summed E-state index contributed by atoms with van der Waals surface area (Å²) in [5.41, 5.74) is 0.450. The van der Waals surface area contributed by atoms with Gasteiger partial charge in [0.2, 0.25) is 0 Å². The maximum absolute atomic E-state index is 12.5. The highest BCUT2D eigenvalue weighted by Crippen LogP contribution is 2.17. The summed E-state index contributed by atoms with van der Waals surface area (Å²) in [5, 5.41) is 0. The predicted octanol–water partition coefficient (Wildman–Crippen LogP) is 3.66. The van der Waals surface area contributed by atoms with Crippen LogP contribution in [0.15, 0.2) is 30.3 Å². The zero-order valence-electron chi connectivity index (χ0n) is 15.5. The largest absolute Gasteiger partial charge is 0.469 e. The first kappa shape index (κ1) is 20.0. The second-order valence-corrected chi connectivity index (χ2v) is 7.14. The Bertz CT molecular complexity index is 534. The molecule has 0 spiro atoms. The van der Waals surface area contributed by atoms with E-state index in [1.807, 2.05) is 65.0 Å². The third-order valence-corrected chi connectivity index (χ3v) is 3.53. The van der Waals surface area contributed by atoms with Gasteiger partial charge < -0.3 is 14.4 Å². The minimum atomic E-state index is -0.579. The van der Waals surface area contributed by atoms with Gasteiger partial charge in [-0.1, -0.05) is 30.3 Å². The summed E-state index contributed by atoms with van der Waals surface area (Å²) in [5.74, 6) is -0.764. The van der Waals surface area contributed by atoms with E-state index in [2.05, 4.69) is 0 Å². The molecule has 5 nitrogen and oxygen atoms in total. The van der Waals surface area contributed by atoms with E-state index in [0.29, 0.717) is 6.42 Å². The fourth-order valence-electron chi connectivity index (χ4n) is 2.34. The van der Waals surface area contributed by atoms with Crippen molar-refractivity contribution in [3.63, 3.8) is 0 Å². The molecule has 134 valence electrons. The van der Waals surface area contributed by atoms with Crippen molar-refractivity contribution in [3.8, 4) is 0 Å². The molecule has 0 aromatic heterocycles. The first-order valence-corrected chi connectivity index (χ1v) is 8.25. The lowest BCUT2D eigenvalue weighted by Crippen LogP contribution is -2.45. The van der Waals surface area contributed by atoms with E-state index in [1.165, 1.54) is 7.11 Å². The van der Waals surface area contributed by atoms with Crippen LogP contribution >= 0.6 is 0 Å². The maximum atomic E-state index is 12.5. The standard InChI is InChI=1S/C19H29NO4/c1-14(2)20(18(22)24-19(3,4)5)13-16(17(21)23-6)12-15-10-8-7-9-11-15/h7-11,14,16H,12-13H2,1-6H3. The van der Waals surface area contributed by atoms with Gasteiger partial charge in [-0.3, -0.25) is 4.79 Å². The Balaban J connectivity index is 2.92. The monoisotopic (exact) mass is 335 g/mol. The zero-order valence-corrected chi connectivity index (χ0v) is 15.5. The minimum absolute atomic E-state index is 0.0808. The number of hydrogen-bond donors (Lipinski definition) is 0. The average molecular weight is 335 g/mol. The van der Waals surface area contributed by atoms with Crippen LogP contribution in [0.25, 0.3) is 0 Å². The Hall–Kier alpha value is -2.04. The van der Waals surface area contributed by atoms with Crippen LogP contribution in [0.3, 0.4) is 0 Å². The Morgan fingerprint density at radius 2 is 1.71 bits per heavy atom. The van der Waals surface area contributed by atoms with E-state index in [4.69, 9.17) is 9.47 Å². The fourth-order valence-corrected chi connectivity index (χ4v) is 2.34. The number of ether oxygens (including phenoxy) is 2. The third-order valence-electron chi connectivity index (χ3n) is 3.53. The number of esters is 1. The molecule has 0 aliphatic heterocycles. The molecule has 24 heavy (non-hydrogen) atoms. The summed E-state index contributed by atoms with van der Waals surface area (Å²) in [6.45, 7) is 9.54. The van der Waals surface area contributed by atoms with Crippen molar-refractivity contribution < 1.29 is 19.1 Å². The molecule has 1 rings (SSSR count). The topological polar surface area (TPSA) is 55.8 Å². The van der Waals surface area contributed by atoms with Crippen LogP contribution in [0.2, 0.25) is 0 Å². The number of hydrogen-bond acceptors (Lipinski definition) is 4. The molecule has 0 heterocycles. The summed E-state index contributed by atoms with van der Waals surface area (Å²) in [6.07, 6.45) is 0.0963. The molecule has 0 aliphatic rings. The van der Waals surface area contributed by atoms with Crippen molar-refractivity contribution in [2.24, 2.45) is 5.92 Å². The molecule has 0 saturated heterocycles. The van der Waals surface area contributed by atoms with E-state index in [0.717, 1.165) is 5.56 Å². The first-order chi connectivity index (χ1) is 11.1. The van der Waals surface area contributed by atoms with Crippen LogP contribution in [0.1, 0.15) is 40.2 Å². The maximum Gasteiger partial charge on any atom is 0.410 e. The van der Waals surface area contributed by atoms with E-state index < -0.39 is 17.6 Å². The van der Waals surface area contributed by atoms with Crippen molar-refractivity contribution in [2.75, 3.05) is 13.7 Å². The van der Waals surface area contributed by atoms with Crippen molar-refractivity contribution >= 4 is 12.1 Å². The number of benzene rings is 1. The average Bonchev–Trinajstić information content (AvgIpc) is 2.49. The van der Waals surface area contributed by atoms with Crippen molar-refractivity contribution in [1.29, 1.82) is 0 Å². The Morgan fingerprint density at radius 1 is 1.12 bits per heavy atom. The molecule has 1 aromatic carbocycles. The minimum Gasteiger partial charge on any atom is -0.469 e. The lowest BCUT2D eigenvalue weighted by Gasteiger charge is -2.32. The molecule has 1 unspecified atom stereocenters. The van der Waals surface area contributed by atoms with Gasteiger partial charge in [0.05, 0.1) is 13.0 Å². The molecule has 1 amide bonds. The highest BCUT2D eigenvalue weighted by Gasteiger charge is 2.30. The molecule has 0 aliphatic carbocycles. The van der Waals surface area contributed by atoms with Crippen LogP contribution < -0.4 is 0 Å². The van der Waals surface area contributed by atoms with Gasteiger partial charge in [0.25, 0.3) is 0 Å². The van der Waals surface area contributed by atoms with Gasteiger partial charge in [0, 0.05) is 12.6 Å². The summed E-state index contributed by atoms with van der Waals surface area (Å²) in [7, 11) is 1.37. The Kier molecular flexibility index (Phi) is 7.26. The molecular formula is C19H29NO4. The number of amides is 1. The van der Waals surface area contributed by atoms with Gasteiger partial charge in [-0.05, 0) is 46.6 Å². The predicted molar refractivity (Wildman–Crippen MR) is 93.7 cm³/mol. The highest BCUT2D eigenvalue weighted by molar-refractivity contribution is 5.75. The molecular weight excluding hydrogens is 306 g/mol.